The van der Waals surface area contributed by atoms with Crippen molar-refractivity contribution in [3.05, 3.63) is 57.5 Å². The maximum absolute atomic E-state index is 11.7. The second kappa shape index (κ2) is 6.83. The number of methoxy groups -OCH3 is 1. The molecule has 2 aromatic rings. The monoisotopic (exact) mass is 368 g/mol. The van der Waals surface area contributed by atoms with E-state index in [1.165, 1.54) is 0 Å². The van der Waals surface area contributed by atoms with Crippen molar-refractivity contribution in [1.82, 2.24) is 0 Å². The van der Waals surface area contributed by atoms with Crippen LogP contribution in [0, 0.1) is 0 Å². The number of hydrogen-bond acceptors (Lipinski definition) is 3. The average Bonchev–Trinajstić information content (AvgIpc) is 2.46. The number of primary amides is 1. The fourth-order valence-corrected chi connectivity index (χ4v) is 2.80. The van der Waals surface area contributed by atoms with Crippen LogP contribution in [0.15, 0.2) is 46.9 Å². The van der Waals surface area contributed by atoms with E-state index in [4.69, 9.17) is 22.1 Å². The molecule has 0 radical (unpaired) electrons. The lowest BCUT2D eigenvalue weighted by molar-refractivity contribution is -0.118. The summed E-state index contributed by atoms with van der Waals surface area (Å²) >= 11 is 9.31. The number of amides is 1. The zero-order chi connectivity index (χ0) is 15.4. The first kappa shape index (κ1) is 15.7. The molecule has 2 rings (SSSR count). The summed E-state index contributed by atoms with van der Waals surface area (Å²) in [6.45, 7) is 0. The summed E-state index contributed by atoms with van der Waals surface area (Å²) in [5.74, 6) is 0.262. The van der Waals surface area contributed by atoms with Crippen LogP contribution in [0.2, 0.25) is 5.02 Å². The van der Waals surface area contributed by atoms with Crippen LogP contribution in [0.3, 0.4) is 0 Å². The Kier molecular flexibility index (Phi) is 5.09. The van der Waals surface area contributed by atoms with Crippen molar-refractivity contribution in [2.75, 3.05) is 12.4 Å². The Morgan fingerprint density at radius 1 is 1.29 bits per heavy atom. The van der Waals surface area contributed by atoms with E-state index in [2.05, 4.69) is 21.2 Å². The SMILES string of the molecule is COc1ccc(NC(C(N)=O)c2ccc(Cl)cc2Br)cc1. The number of ether oxygens (including phenoxy) is 1. The highest BCUT2D eigenvalue weighted by Gasteiger charge is 2.20. The van der Waals surface area contributed by atoms with E-state index in [-0.39, 0.29) is 0 Å². The predicted molar refractivity (Wildman–Crippen MR) is 87.7 cm³/mol. The number of rotatable bonds is 5. The van der Waals surface area contributed by atoms with E-state index < -0.39 is 11.9 Å². The second-order valence-corrected chi connectivity index (χ2v) is 5.66. The van der Waals surface area contributed by atoms with Crippen LogP contribution in [0.4, 0.5) is 5.69 Å². The lowest BCUT2D eigenvalue weighted by Crippen LogP contribution is -2.28. The molecule has 2 aromatic carbocycles. The van der Waals surface area contributed by atoms with Crippen LogP contribution >= 0.6 is 27.5 Å². The van der Waals surface area contributed by atoms with E-state index in [1.54, 1.807) is 37.4 Å². The van der Waals surface area contributed by atoms with E-state index in [9.17, 15) is 4.79 Å². The van der Waals surface area contributed by atoms with Gasteiger partial charge in [0.25, 0.3) is 0 Å². The van der Waals surface area contributed by atoms with E-state index in [0.717, 1.165) is 21.5 Å². The smallest absolute Gasteiger partial charge is 0.244 e. The topological polar surface area (TPSA) is 64.3 Å². The fourth-order valence-electron chi connectivity index (χ4n) is 1.89. The third kappa shape index (κ3) is 3.89. The Morgan fingerprint density at radius 2 is 1.95 bits per heavy atom. The minimum atomic E-state index is -0.662. The molecule has 4 nitrogen and oxygen atoms in total. The number of carbonyl (C=O) groups excluding carboxylic acids is 1. The highest BCUT2D eigenvalue weighted by atomic mass is 79.9. The van der Waals surface area contributed by atoms with Gasteiger partial charge in [-0.25, -0.2) is 0 Å². The number of nitrogens with one attached hydrogen (secondary N) is 1. The van der Waals surface area contributed by atoms with Crippen molar-refractivity contribution in [1.29, 1.82) is 0 Å². The summed E-state index contributed by atoms with van der Waals surface area (Å²) in [5, 5.41) is 3.68. The van der Waals surface area contributed by atoms with E-state index in [1.807, 2.05) is 12.1 Å². The van der Waals surface area contributed by atoms with Gasteiger partial charge in [-0.15, -0.1) is 0 Å². The maximum atomic E-state index is 11.7. The quantitative estimate of drug-likeness (QED) is 0.843. The summed E-state index contributed by atoms with van der Waals surface area (Å²) in [6.07, 6.45) is 0. The van der Waals surface area contributed by atoms with Crippen LogP contribution in [0.1, 0.15) is 11.6 Å². The molecule has 0 aliphatic rings. The van der Waals surface area contributed by atoms with Crippen LogP contribution in [0.25, 0.3) is 0 Å². The van der Waals surface area contributed by atoms with Crippen LogP contribution in [-0.2, 0) is 4.79 Å². The molecule has 1 amide bonds. The Balaban J connectivity index is 2.28. The molecule has 0 bridgehead atoms. The molecular formula is C15H14BrClN2O2. The number of anilines is 1. The number of halogens is 2. The van der Waals surface area contributed by atoms with Crippen LogP contribution in [-0.4, -0.2) is 13.0 Å². The molecule has 0 aliphatic heterocycles. The van der Waals surface area contributed by atoms with E-state index >= 15 is 0 Å². The molecule has 0 saturated carbocycles. The predicted octanol–water partition coefficient (Wildman–Crippen LogP) is 3.75. The summed E-state index contributed by atoms with van der Waals surface area (Å²) in [4.78, 5) is 11.7. The lowest BCUT2D eigenvalue weighted by atomic mass is 10.1. The normalized spacial score (nSPS) is 11.8. The molecule has 0 aromatic heterocycles. The maximum Gasteiger partial charge on any atom is 0.244 e. The Hall–Kier alpha value is -1.72. The van der Waals surface area contributed by atoms with Crippen LogP contribution in [0.5, 0.6) is 5.75 Å². The van der Waals surface area contributed by atoms with Crippen molar-refractivity contribution < 1.29 is 9.53 Å². The number of nitrogens with two attached hydrogens (primary N) is 1. The van der Waals surface area contributed by atoms with Gasteiger partial charge < -0.3 is 15.8 Å². The molecule has 0 aliphatic carbocycles. The summed E-state index contributed by atoms with van der Waals surface area (Å²) in [6, 6.07) is 11.8. The van der Waals surface area contributed by atoms with Gasteiger partial charge in [0.2, 0.25) is 5.91 Å². The number of hydrogen-bond donors (Lipinski definition) is 2. The van der Waals surface area contributed by atoms with Crippen molar-refractivity contribution in [2.24, 2.45) is 5.73 Å². The van der Waals surface area contributed by atoms with Gasteiger partial charge >= 0.3 is 0 Å². The third-order valence-corrected chi connectivity index (χ3v) is 3.88. The van der Waals surface area contributed by atoms with Gasteiger partial charge in [0.05, 0.1) is 7.11 Å². The van der Waals surface area contributed by atoms with Crippen molar-refractivity contribution in [2.45, 2.75) is 6.04 Å². The van der Waals surface area contributed by atoms with Gasteiger partial charge in [-0.2, -0.15) is 0 Å². The van der Waals surface area contributed by atoms with Crippen molar-refractivity contribution in [3.8, 4) is 5.75 Å². The highest BCUT2D eigenvalue weighted by molar-refractivity contribution is 9.10. The van der Waals surface area contributed by atoms with Gasteiger partial charge in [0.15, 0.2) is 0 Å². The van der Waals surface area contributed by atoms with Gasteiger partial charge in [-0.1, -0.05) is 33.6 Å². The molecule has 110 valence electrons. The average molecular weight is 370 g/mol. The zero-order valence-corrected chi connectivity index (χ0v) is 13.6. The Bertz CT molecular complexity index is 647. The first-order valence-corrected chi connectivity index (χ1v) is 7.33. The van der Waals surface area contributed by atoms with Gasteiger partial charge in [0, 0.05) is 15.2 Å². The first-order chi connectivity index (χ1) is 10.0. The minimum absolute atomic E-state index is 0.478. The third-order valence-electron chi connectivity index (χ3n) is 2.96. The van der Waals surface area contributed by atoms with E-state index in [0.29, 0.717) is 5.02 Å². The summed E-state index contributed by atoms with van der Waals surface area (Å²) in [7, 11) is 1.60. The minimum Gasteiger partial charge on any atom is -0.497 e. The molecule has 1 unspecified atom stereocenters. The van der Waals surface area contributed by atoms with Crippen molar-refractivity contribution >= 4 is 39.1 Å². The first-order valence-electron chi connectivity index (χ1n) is 6.16. The van der Waals surface area contributed by atoms with Crippen LogP contribution < -0.4 is 15.8 Å². The van der Waals surface area contributed by atoms with Gasteiger partial charge in [-0.3, -0.25) is 4.79 Å². The standard InChI is InChI=1S/C15H14BrClN2O2/c1-21-11-5-3-10(4-6-11)19-14(15(18)20)12-7-2-9(17)8-13(12)16/h2-8,14,19H,1H3,(H2,18,20). The van der Waals surface area contributed by atoms with Crippen molar-refractivity contribution in [3.63, 3.8) is 0 Å². The fraction of sp³-hybridized carbons (Fsp3) is 0.133. The lowest BCUT2D eigenvalue weighted by Gasteiger charge is -2.19. The van der Waals surface area contributed by atoms with Gasteiger partial charge in [0.1, 0.15) is 11.8 Å². The molecule has 0 spiro atoms. The molecule has 21 heavy (non-hydrogen) atoms. The summed E-state index contributed by atoms with van der Waals surface area (Å²) < 4.78 is 5.82. The Labute approximate surface area is 136 Å². The second-order valence-electron chi connectivity index (χ2n) is 4.37. The molecule has 1 atom stereocenters. The zero-order valence-electron chi connectivity index (χ0n) is 11.3. The largest absolute Gasteiger partial charge is 0.497 e. The Morgan fingerprint density at radius 3 is 2.48 bits per heavy atom. The number of carbonyl (C=O) groups is 1. The molecular weight excluding hydrogens is 356 g/mol. The van der Waals surface area contributed by atoms with Gasteiger partial charge in [-0.05, 0) is 42.0 Å². The number of benzene rings is 2. The molecule has 6 heteroatoms. The summed E-state index contributed by atoms with van der Waals surface area (Å²) in [5.41, 5.74) is 6.99. The molecule has 3 N–H and O–H groups in total. The molecule has 0 fully saturated rings. The highest BCUT2D eigenvalue weighted by Crippen LogP contribution is 2.29. The molecule has 0 heterocycles. The molecule has 0 saturated heterocycles.